The molecule has 2 nitrogen and oxygen atoms in total. The standard InChI is InChI=1S/C26H38O2/c1-3-5-7-8-9-10-11-12-13-14-15-16-17-19-24-20-18-21-26(25(24)23-27)28-22-6-4-2/h3,7-8,10-11,18,20-21,23H,1,4-6,9,12-17,19,22H2,2H3/b8-7-,11-10-. The lowest BCUT2D eigenvalue weighted by Gasteiger charge is -2.11. The summed E-state index contributed by atoms with van der Waals surface area (Å²) >= 11 is 0. The van der Waals surface area contributed by atoms with Crippen molar-refractivity contribution >= 4 is 6.29 Å². The van der Waals surface area contributed by atoms with Crippen LogP contribution in [0.2, 0.25) is 0 Å². The lowest BCUT2D eigenvalue weighted by Crippen LogP contribution is -2.02. The van der Waals surface area contributed by atoms with E-state index >= 15 is 0 Å². The van der Waals surface area contributed by atoms with Gasteiger partial charge in [0.25, 0.3) is 0 Å². The first-order valence-corrected chi connectivity index (χ1v) is 10.9. The Balaban J connectivity index is 2.19. The fourth-order valence-corrected chi connectivity index (χ4v) is 3.08. The maximum atomic E-state index is 11.5. The van der Waals surface area contributed by atoms with Crippen LogP contribution in [0.3, 0.4) is 0 Å². The Morgan fingerprint density at radius 1 is 0.929 bits per heavy atom. The van der Waals surface area contributed by atoms with Gasteiger partial charge in [-0.1, -0.05) is 75.1 Å². The molecule has 0 aromatic heterocycles. The van der Waals surface area contributed by atoms with E-state index in [9.17, 15) is 4.79 Å². The van der Waals surface area contributed by atoms with E-state index in [4.69, 9.17) is 4.74 Å². The average Bonchev–Trinajstić information content (AvgIpc) is 2.71. The zero-order chi connectivity index (χ0) is 20.3. The van der Waals surface area contributed by atoms with Gasteiger partial charge in [-0.3, -0.25) is 4.79 Å². The van der Waals surface area contributed by atoms with E-state index in [0.29, 0.717) is 6.61 Å². The van der Waals surface area contributed by atoms with Gasteiger partial charge in [0.2, 0.25) is 0 Å². The summed E-state index contributed by atoms with van der Waals surface area (Å²) in [5.41, 5.74) is 1.86. The highest BCUT2D eigenvalue weighted by Gasteiger charge is 2.08. The zero-order valence-corrected chi connectivity index (χ0v) is 17.7. The molecule has 0 bridgehead atoms. The van der Waals surface area contributed by atoms with Crippen molar-refractivity contribution in [2.45, 2.75) is 77.6 Å². The molecular weight excluding hydrogens is 344 g/mol. The first-order valence-electron chi connectivity index (χ1n) is 10.9. The number of allylic oxidation sites excluding steroid dienone is 5. The highest BCUT2D eigenvalue weighted by molar-refractivity contribution is 5.81. The maximum Gasteiger partial charge on any atom is 0.154 e. The van der Waals surface area contributed by atoms with Crippen molar-refractivity contribution < 1.29 is 9.53 Å². The lowest BCUT2D eigenvalue weighted by molar-refractivity contribution is 0.111. The zero-order valence-electron chi connectivity index (χ0n) is 17.7. The average molecular weight is 383 g/mol. The molecule has 1 aromatic carbocycles. The van der Waals surface area contributed by atoms with Gasteiger partial charge in [-0.25, -0.2) is 0 Å². The number of unbranched alkanes of at least 4 members (excludes halogenated alkanes) is 6. The molecule has 0 fully saturated rings. The Hall–Kier alpha value is -2.09. The third kappa shape index (κ3) is 10.9. The third-order valence-corrected chi connectivity index (χ3v) is 4.75. The van der Waals surface area contributed by atoms with Crippen molar-refractivity contribution in [2.24, 2.45) is 0 Å². The summed E-state index contributed by atoms with van der Waals surface area (Å²) in [5, 5.41) is 0. The van der Waals surface area contributed by atoms with Crippen molar-refractivity contribution in [3.05, 3.63) is 66.3 Å². The van der Waals surface area contributed by atoms with Crippen LogP contribution in [0.25, 0.3) is 0 Å². The molecule has 0 aliphatic heterocycles. The number of ether oxygens (including phenoxy) is 1. The minimum absolute atomic E-state index is 0.681. The van der Waals surface area contributed by atoms with Gasteiger partial charge in [-0.2, -0.15) is 0 Å². The van der Waals surface area contributed by atoms with Crippen LogP contribution < -0.4 is 4.74 Å². The first kappa shape index (κ1) is 23.9. The predicted molar refractivity (Wildman–Crippen MR) is 121 cm³/mol. The van der Waals surface area contributed by atoms with Crippen LogP contribution >= 0.6 is 0 Å². The monoisotopic (exact) mass is 382 g/mol. The quantitative estimate of drug-likeness (QED) is 0.157. The van der Waals surface area contributed by atoms with Crippen LogP contribution in [-0.2, 0) is 6.42 Å². The molecule has 0 aliphatic rings. The molecule has 0 spiro atoms. The Bertz CT molecular complexity index is 598. The van der Waals surface area contributed by atoms with Gasteiger partial charge in [0.1, 0.15) is 5.75 Å². The van der Waals surface area contributed by atoms with Crippen LogP contribution in [0, 0.1) is 0 Å². The van der Waals surface area contributed by atoms with Crippen molar-refractivity contribution in [1.29, 1.82) is 0 Å². The third-order valence-electron chi connectivity index (χ3n) is 4.75. The number of aldehydes is 1. The number of rotatable bonds is 17. The van der Waals surface area contributed by atoms with E-state index in [1.54, 1.807) is 0 Å². The molecule has 0 heterocycles. The molecule has 0 amide bonds. The number of benzene rings is 1. The van der Waals surface area contributed by atoms with Crippen molar-refractivity contribution in [3.8, 4) is 5.75 Å². The van der Waals surface area contributed by atoms with E-state index in [1.807, 2.05) is 18.2 Å². The van der Waals surface area contributed by atoms with Gasteiger partial charge in [0.05, 0.1) is 12.2 Å². The molecule has 0 unspecified atom stereocenters. The van der Waals surface area contributed by atoms with E-state index in [2.05, 4.69) is 43.9 Å². The summed E-state index contributed by atoms with van der Waals surface area (Å²) < 4.78 is 5.78. The Kier molecular flexibility index (Phi) is 14.6. The molecular formula is C26H38O2. The second-order valence-electron chi connectivity index (χ2n) is 7.16. The van der Waals surface area contributed by atoms with Gasteiger partial charge in [-0.15, -0.1) is 6.58 Å². The second kappa shape index (κ2) is 17.0. The number of hydrogen-bond acceptors (Lipinski definition) is 2. The maximum absolute atomic E-state index is 11.5. The fraction of sp³-hybridized carbons (Fsp3) is 0.500. The number of aryl methyl sites for hydroxylation is 1. The summed E-state index contributed by atoms with van der Waals surface area (Å²) in [4.78, 5) is 11.5. The van der Waals surface area contributed by atoms with E-state index in [-0.39, 0.29) is 0 Å². The molecule has 1 rings (SSSR count). The fourth-order valence-electron chi connectivity index (χ4n) is 3.08. The molecule has 28 heavy (non-hydrogen) atoms. The Morgan fingerprint density at radius 3 is 2.46 bits per heavy atom. The lowest BCUT2D eigenvalue weighted by atomic mass is 10.00. The van der Waals surface area contributed by atoms with Gasteiger partial charge in [-0.05, 0) is 56.6 Å². The van der Waals surface area contributed by atoms with E-state index in [1.165, 1.54) is 32.1 Å². The van der Waals surface area contributed by atoms with Crippen LogP contribution in [-0.4, -0.2) is 12.9 Å². The number of hydrogen-bond donors (Lipinski definition) is 0. The van der Waals surface area contributed by atoms with Gasteiger partial charge in [0.15, 0.2) is 6.29 Å². The van der Waals surface area contributed by atoms with Crippen LogP contribution in [0.4, 0.5) is 0 Å². The summed E-state index contributed by atoms with van der Waals surface area (Å²) in [5.74, 6) is 0.743. The largest absolute Gasteiger partial charge is 0.493 e. The summed E-state index contributed by atoms with van der Waals surface area (Å²) in [6.07, 6.45) is 24.1. The van der Waals surface area contributed by atoms with E-state index < -0.39 is 0 Å². The normalized spacial score (nSPS) is 11.3. The molecule has 0 saturated heterocycles. The SMILES string of the molecule is C=CC/C=C\C/C=C\CCCCCCCc1cccc(OCCCC)c1C=O. The predicted octanol–water partition coefficient (Wildman–Crippen LogP) is 7.64. The minimum Gasteiger partial charge on any atom is -0.493 e. The Morgan fingerprint density at radius 2 is 1.68 bits per heavy atom. The highest BCUT2D eigenvalue weighted by atomic mass is 16.5. The van der Waals surface area contributed by atoms with Crippen LogP contribution in [0.5, 0.6) is 5.75 Å². The number of carbonyl (C=O) groups excluding carboxylic acids is 1. The van der Waals surface area contributed by atoms with Crippen molar-refractivity contribution in [1.82, 2.24) is 0 Å². The Labute approximate surface area is 172 Å². The van der Waals surface area contributed by atoms with Crippen molar-refractivity contribution in [3.63, 3.8) is 0 Å². The molecule has 2 heteroatoms. The highest BCUT2D eigenvalue weighted by Crippen LogP contribution is 2.23. The van der Waals surface area contributed by atoms with Gasteiger partial charge < -0.3 is 4.74 Å². The molecule has 0 saturated carbocycles. The molecule has 0 radical (unpaired) electrons. The molecule has 0 N–H and O–H groups in total. The molecule has 1 aromatic rings. The topological polar surface area (TPSA) is 26.3 Å². The summed E-state index contributed by atoms with van der Waals surface area (Å²) in [6, 6.07) is 5.97. The second-order valence-corrected chi connectivity index (χ2v) is 7.16. The minimum atomic E-state index is 0.681. The van der Waals surface area contributed by atoms with Gasteiger partial charge >= 0.3 is 0 Å². The van der Waals surface area contributed by atoms with Crippen LogP contribution in [0.1, 0.15) is 87.1 Å². The molecule has 0 atom stereocenters. The summed E-state index contributed by atoms with van der Waals surface area (Å²) in [7, 11) is 0. The number of carbonyl (C=O) groups is 1. The van der Waals surface area contributed by atoms with Crippen LogP contribution in [0.15, 0.2) is 55.2 Å². The first-order chi connectivity index (χ1) is 13.8. The molecule has 154 valence electrons. The smallest absolute Gasteiger partial charge is 0.154 e. The summed E-state index contributed by atoms with van der Waals surface area (Å²) in [6.45, 7) is 6.52. The van der Waals surface area contributed by atoms with Gasteiger partial charge in [0, 0.05) is 0 Å². The van der Waals surface area contributed by atoms with Crippen molar-refractivity contribution in [2.75, 3.05) is 6.61 Å². The molecule has 0 aliphatic carbocycles. The van der Waals surface area contributed by atoms with E-state index in [0.717, 1.165) is 61.7 Å².